The van der Waals surface area contributed by atoms with Gasteiger partial charge in [-0.3, -0.25) is 4.99 Å². The predicted molar refractivity (Wildman–Crippen MR) is 183 cm³/mol. The SMILES string of the molecule is CO/C1=C2\CC(C)(C)C(/C=c3\[nH]/c(cc3-c3ccc(C)cc3)=C\C3=NC(=C\c4[nH]c1cc4-c1ccc(C)cc1)/C(C)(C)C3)N2. The number of H-pyrrole nitrogens is 2. The van der Waals surface area contributed by atoms with Crippen LogP contribution in [-0.2, 0) is 4.74 Å². The first kappa shape index (κ1) is 28.3. The molecule has 3 aliphatic heterocycles. The summed E-state index contributed by atoms with van der Waals surface area (Å²) in [5, 5.41) is 6.06. The molecule has 0 radical (unpaired) electrons. The van der Waals surface area contributed by atoms with Crippen LogP contribution in [0.1, 0.15) is 63.1 Å². The number of nitrogens with one attached hydrogen (secondary N) is 3. The van der Waals surface area contributed by atoms with Gasteiger partial charge in [-0.05, 0) is 67.2 Å². The summed E-state index contributed by atoms with van der Waals surface area (Å²) in [5.41, 5.74) is 12.4. The number of allylic oxidation sites excluding steroid dienone is 2. The van der Waals surface area contributed by atoms with Crippen LogP contribution in [0, 0.1) is 24.7 Å². The van der Waals surface area contributed by atoms with Crippen molar-refractivity contribution in [2.24, 2.45) is 15.8 Å². The molecule has 5 heterocycles. The molecule has 3 N–H and O–H groups in total. The Kier molecular flexibility index (Phi) is 6.61. The number of fused-ring (bicyclic) bond motifs is 7. The number of aromatic nitrogens is 2. The summed E-state index contributed by atoms with van der Waals surface area (Å²) in [6.45, 7) is 13.5. The lowest BCUT2D eigenvalue weighted by Gasteiger charge is -2.22. The second-order valence-electron chi connectivity index (χ2n) is 14.1. The molecule has 3 aliphatic rings. The molecule has 0 saturated carbocycles. The van der Waals surface area contributed by atoms with Gasteiger partial charge in [0.25, 0.3) is 0 Å². The van der Waals surface area contributed by atoms with E-state index in [9.17, 15) is 0 Å². The lowest BCUT2D eigenvalue weighted by Crippen LogP contribution is -2.32. The zero-order valence-electron chi connectivity index (χ0n) is 26.9. The number of rotatable bonds is 3. The van der Waals surface area contributed by atoms with Gasteiger partial charge in [-0.1, -0.05) is 87.4 Å². The number of benzene rings is 2. The molecule has 2 aromatic heterocycles. The van der Waals surface area contributed by atoms with E-state index in [0.717, 1.165) is 63.4 Å². The molecule has 5 heteroatoms. The summed E-state index contributed by atoms with van der Waals surface area (Å²) in [5.74, 6) is 0.855. The third-order valence-electron chi connectivity index (χ3n) is 9.49. The van der Waals surface area contributed by atoms with E-state index >= 15 is 0 Å². The number of hydrogen-bond donors (Lipinski definition) is 3. The minimum Gasteiger partial charge on any atom is -0.493 e. The van der Waals surface area contributed by atoms with Crippen molar-refractivity contribution in [1.82, 2.24) is 15.3 Å². The van der Waals surface area contributed by atoms with Crippen LogP contribution in [0.3, 0.4) is 0 Å². The highest BCUT2D eigenvalue weighted by Gasteiger charge is 2.38. The monoisotopic (exact) mass is 582 g/mol. The molecule has 4 aromatic rings. The zero-order chi connectivity index (χ0) is 30.8. The van der Waals surface area contributed by atoms with E-state index in [1.807, 2.05) is 0 Å². The van der Waals surface area contributed by atoms with Crippen LogP contribution in [0.15, 0.2) is 77.1 Å². The van der Waals surface area contributed by atoms with E-state index in [-0.39, 0.29) is 16.9 Å². The molecule has 0 aliphatic carbocycles. The molecular weight excluding hydrogens is 540 g/mol. The van der Waals surface area contributed by atoms with Gasteiger partial charge in [-0.15, -0.1) is 0 Å². The number of ether oxygens (including phenoxy) is 1. The van der Waals surface area contributed by atoms with Crippen LogP contribution in [0.5, 0.6) is 0 Å². The molecule has 224 valence electrons. The Morgan fingerprint density at radius 1 is 0.795 bits per heavy atom. The summed E-state index contributed by atoms with van der Waals surface area (Å²) in [4.78, 5) is 12.7. The summed E-state index contributed by atoms with van der Waals surface area (Å²) in [6.07, 6.45) is 8.57. The Hall–Kier alpha value is -4.51. The van der Waals surface area contributed by atoms with E-state index in [2.05, 4.69) is 136 Å². The zero-order valence-corrected chi connectivity index (χ0v) is 26.9. The maximum atomic E-state index is 6.17. The molecule has 1 saturated heterocycles. The Morgan fingerprint density at radius 2 is 1.45 bits per heavy atom. The van der Waals surface area contributed by atoms with Crippen molar-refractivity contribution < 1.29 is 4.74 Å². The molecular formula is C39H42N4O. The number of hydrogen-bond acceptors (Lipinski definition) is 3. The first-order chi connectivity index (χ1) is 21.0. The lowest BCUT2D eigenvalue weighted by atomic mass is 9.84. The summed E-state index contributed by atoms with van der Waals surface area (Å²) < 4.78 is 6.17. The fraction of sp³-hybridized carbons (Fsp3) is 0.308. The maximum absolute atomic E-state index is 6.17. The molecule has 8 bridgehead atoms. The first-order valence-electron chi connectivity index (χ1n) is 15.6. The molecule has 0 spiro atoms. The van der Waals surface area contributed by atoms with E-state index < -0.39 is 0 Å². The van der Waals surface area contributed by atoms with Gasteiger partial charge in [0.2, 0.25) is 0 Å². The number of aryl methyl sites for hydroxylation is 2. The second-order valence-corrected chi connectivity index (χ2v) is 14.1. The molecule has 2 aromatic carbocycles. The van der Waals surface area contributed by atoms with Crippen molar-refractivity contribution in [2.45, 2.75) is 60.4 Å². The van der Waals surface area contributed by atoms with Crippen molar-refractivity contribution in [3.63, 3.8) is 0 Å². The molecule has 1 atom stereocenters. The van der Waals surface area contributed by atoms with E-state index in [0.29, 0.717) is 0 Å². The number of nitrogens with zero attached hydrogens (tertiary/aromatic N) is 1. The van der Waals surface area contributed by atoms with Crippen LogP contribution in [0.2, 0.25) is 0 Å². The highest BCUT2D eigenvalue weighted by Crippen LogP contribution is 2.42. The second kappa shape index (κ2) is 10.3. The third-order valence-corrected chi connectivity index (χ3v) is 9.49. The minimum absolute atomic E-state index is 0.0308. The highest BCUT2D eigenvalue weighted by atomic mass is 16.5. The van der Waals surface area contributed by atoms with Crippen LogP contribution in [0.4, 0.5) is 0 Å². The number of methoxy groups -OCH3 is 1. The Balaban J connectivity index is 1.49. The Bertz CT molecular complexity index is 1980. The quantitative estimate of drug-likeness (QED) is 0.234. The van der Waals surface area contributed by atoms with Crippen molar-refractivity contribution in [1.29, 1.82) is 0 Å². The van der Waals surface area contributed by atoms with Gasteiger partial charge in [0.1, 0.15) is 0 Å². The van der Waals surface area contributed by atoms with Crippen LogP contribution >= 0.6 is 0 Å². The van der Waals surface area contributed by atoms with Gasteiger partial charge < -0.3 is 20.0 Å². The van der Waals surface area contributed by atoms with Crippen molar-refractivity contribution >= 4 is 29.7 Å². The fourth-order valence-corrected chi connectivity index (χ4v) is 6.84. The summed E-state index contributed by atoms with van der Waals surface area (Å²) in [7, 11) is 1.77. The number of aromatic amines is 2. The van der Waals surface area contributed by atoms with Crippen molar-refractivity contribution in [3.8, 4) is 22.3 Å². The normalized spacial score (nSPS) is 24.3. The molecule has 7 rings (SSSR count). The maximum Gasteiger partial charge on any atom is 0.161 e. The largest absolute Gasteiger partial charge is 0.493 e. The smallest absolute Gasteiger partial charge is 0.161 e. The van der Waals surface area contributed by atoms with Crippen molar-refractivity contribution in [3.05, 3.63) is 105 Å². The average Bonchev–Trinajstić information content (AvgIpc) is 3.70. The van der Waals surface area contributed by atoms with E-state index in [1.54, 1.807) is 7.11 Å². The topological polar surface area (TPSA) is 65.2 Å². The highest BCUT2D eigenvalue weighted by molar-refractivity contribution is 6.12. The van der Waals surface area contributed by atoms with E-state index in [1.165, 1.54) is 27.8 Å². The summed E-state index contributed by atoms with van der Waals surface area (Å²) >= 11 is 0. The standard InChI is InChI=1S/C39H42N4O/c1-23-8-12-25(13-9-23)29-17-27-16-28-21-38(3,4)35(41-28)20-32-30(26-14-10-24(2)11-15-26)18-33(42-32)37(44-7)34-22-39(5,6)36(43-34)19-31(29)40-27/h8-20,36,40,42-43H,21-22H2,1-7H3/b27-16-,31-19-,35-20-,37-34+. The van der Waals surface area contributed by atoms with Crippen LogP contribution in [-0.4, -0.2) is 28.8 Å². The molecule has 1 fully saturated rings. The Labute approximate surface area is 260 Å². The van der Waals surface area contributed by atoms with Crippen LogP contribution in [0.25, 0.3) is 46.2 Å². The molecule has 1 unspecified atom stereocenters. The van der Waals surface area contributed by atoms with Gasteiger partial charge >= 0.3 is 0 Å². The Morgan fingerprint density at radius 3 is 2.11 bits per heavy atom. The van der Waals surface area contributed by atoms with Crippen LogP contribution < -0.4 is 16.0 Å². The first-order valence-corrected chi connectivity index (χ1v) is 15.6. The van der Waals surface area contributed by atoms with Gasteiger partial charge in [-0.2, -0.15) is 0 Å². The third kappa shape index (κ3) is 5.04. The summed E-state index contributed by atoms with van der Waals surface area (Å²) in [6, 6.07) is 22.2. The molecule has 0 amide bonds. The average molecular weight is 583 g/mol. The molecule has 5 nitrogen and oxygen atoms in total. The molecule has 44 heavy (non-hydrogen) atoms. The lowest BCUT2D eigenvalue weighted by molar-refractivity contribution is 0.358. The van der Waals surface area contributed by atoms with Gasteiger partial charge in [0, 0.05) is 50.8 Å². The minimum atomic E-state index is -0.107. The van der Waals surface area contributed by atoms with Gasteiger partial charge in [-0.25, -0.2) is 0 Å². The van der Waals surface area contributed by atoms with Crippen molar-refractivity contribution in [2.75, 3.05) is 7.11 Å². The van der Waals surface area contributed by atoms with E-state index in [4.69, 9.17) is 9.73 Å². The van der Waals surface area contributed by atoms with Gasteiger partial charge in [0.05, 0.1) is 24.5 Å². The number of aliphatic imine (C=N–C) groups is 1. The predicted octanol–water partition coefficient (Wildman–Crippen LogP) is 7.48. The van der Waals surface area contributed by atoms with Gasteiger partial charge in [0.15, 0.2) is 5.76 Å². The fourth-order valence-electron chi connectivity index (χ4n) is 6.84.